The van der Waals surface area contributed by atoms with Gasteiger partial charge in [-0.3, -0.25) is 9.59 Å². The van der Waals surface area contributed by atoms with Gasteiger partial charge in [0, 0.05) is 18.3 Å². The quantitative estimate of drug-likeness (QED) is 0.605. The van der Waals surface area contributed by atoms with Crippen LogP contribution in [-0.4, -0.2) is 17.4 Å². The number of ketones is 1. The Morgan fingerprint density at radius 3 is 2.48 bits per heavy atom. The van der Waals surface area contributed by atoms with E-state index in [9.17, 15) is 9.59 Å². The van der Waals surface area contributed by atoms with Gasteiger partial charge in [0.1, 0.15) is 5.60 Å². The molecule has 5 rings (SSSR count). The van der Waals surface area contributed by atoms with Gasteiger partial charge in [-0.2, -0.15) is 0 Å². The molecule has 0 aromatic carbocycles. The smallest absolute Gasteiger partial charge is 0.306 e. The fourth-order valence-electron chi connectivity index (χ4n) is 7.85. The molecule has 1 heterocycles. The van der Waals surface area contributed by atoms with Crippen molar-refractivity contribution in [3.8, 4) is 0 Å². The lowest BCUT2D eigenvalue weighted by Gasteiger charge is -2.59. The molecule has 5 unspecified atom stereocenters. The van der Waals surface area contributed by atoms with Crippen LogP contribution in [0.1, 0.15) is 78.1 Å². The van der Waals surface area contributed by atoms with E-state index in [0.29, 0.717) is 24.0 Å². The molecule has 25 heavy (non-hydrogen) atoms. The van der Waals surface area contributed by atoms with Gasteiger partial charge in [-0.25, -0.2) is 0 Å². The van der Waals surface area contributed by atoms with Gasteiger partial charge in [0.05, 0.1) is 0 Å². The number of esters is 1. The minimum Gasteiger partial charge on any atom is -0.458 e. The molecular formula is C22H30O3. The van der Waals surface area contributed by atoms with E-state index in [1.165, 1.54) is 31.3 Å². The molecule has 0 N–H and O–H groups in total. The van der Waals surface area contributed by atoms with E-state index >= 15 is 0 Å². The van der Waals surface area contributed by atoms with Crippen LogP contribution in [0.4, 0.5) is 0 Å². The van der Waals surface area contributed by atoms with Gasteiger partial charge in [0.25, 0.3) is 0 Å². The largest absolute Gasteiger partial charge is 0.458 e. The zero-order valence-corrected chi connectivity index (χ0v) is 15.6. The summed E-state index contributed by atoms with van der Waals surface area (Å²) in [6.07, 6.45) is 12.3. The number of carbonyl (C=O) groups excluding carboxylic acids is 2. The van der Waals surface area contributed by atoms with Gasteiger partial charge in [0.2, 0.25) is 0 Å². The van der Waals surface area contributed by atoms with Gasteiger partial charge < -0.3 is 4.74 Å². The number of hydrogen-bond acceptors (Lipinski definition) is 3. The maximum atomic E-state index is 11.9. The third kappa shape index (κ3) is 1.93. The van der Waals surface area contributed by atoms with Gasteiger partial charge in [-0.05, 0) is 80.6 Å². The summed E-state index contributed by atoms with van der Waals surface area (Å²) in [6.45, 7) is 4.86. The molecule has 3 saturated carbocycles. The Kier molecular flexibility index (Phi) is 3.21. The van der Waals surface area contributed by atoms with Crippen LogP contribution in [-0.2, 0) is 14.3 Å². The molecule has 0 aromatic rings. The Labute approximate surface area is 150 Å². The second-order valence-corrected chi connectivity index (χ2v) is 9.93. The molecule has 6 atom stereocenters. The Balaban J connectivity index is 1.49. The second-order valence-electron chi connectivity index (χ2n) is 9.93. The van der Waals surface area contributed by atoms with Crippen molar-refractivity contribution < 1.29 is 14.3 Å². The molecular weight excluding hydrogens is 312 g/mol. The lowest BCUT2D eigenvalue weighted by Crippen LogP contribution is -2.54. The van der Waals surface area contributed by atoms with Gasteiger partial charge in [-0.15, -0.1) is 0 Å². The third-order valence-corrected chi connectivity index (χ3v) is 9.29. The van der Waals surface area contributed by atoms with Crippen molar-refractivity contribution >= 4 is 11.8 Å². The van der Waals surface area contributed by atoms with E-state index in [4.69, 9.17) is 4.74 Å². The minimum atomic E-state index is -0.167. The highest BCUT2D eigenvalue weighted by molar-refractivity contribution is 5.91. The molecule has 1 aliphatic heterocycles. The summed E-state index contributed by atoms with van der Waals surface area (Å²) in [7, 11) is 0. The minimum absolute atomic E-state index is 0.0237. The molecule has 0 radical (unpaired) electrons. The van der Waals surface area contributed by atoms with Crippen molar-refractivity contribution in [1.82, 2.24) is 0 Å². The highest BCUT2D eigenvalue weighted by Gasteiger charge is 2.66. The molecule has 0 amide bonds. The Hall–Kier alpha value is -1.12. The molecule has 1 saturated heterocycles. The van der Waals surface area contributed by atoms with Crippen molar-refractivity contribution in [3.63, 3.8) is 0 Å². The van der Waals surface area contributed by atoms with E-state index < -0.39 is 0 Å². The van der Waals surface area contributed by atoms with Gasteiger partial charge >= 0.3 is 5.97 Å². The average molecular weight is 342 g/mol. The highest BCUT2D eigenvalue weighted by Crippen LogP contribution is 2.69. The van der Waals surface area contributed by atoms with Crippen LogP contribution in [0.2, 0.25) is 0 Å². The lowest BCUT2D eigenvalue weighted by molar-refractivity contribution is -0.168. The molecule has 4 aliphatic carbocycles. The van der Waals surface area contributed by atoms with Crippen LogP contribution in [0.5, 0.6) is 0 Å². The molecule has 0 aromatic heterocycles. The van der Waals surface area contributed by atoms with Crippen LogP contribution in [0.25, 0.3) is 0 Å². The van der Waals surface area contributed by atoms with E-state index in [1.807, 2.05) is 6.08 Å². The predicted octanol–water partition coefficient (Wildman–Crippen LogP) is 4.59. The summed E-state index contributed by atoms with van der Waals surface area (Å²) in [5.41, 5.74) is 1.68. The first-order valence-electron chi connectivity index (χ1n) is 10.3. The number of rotatable bonds is 0. The fraction of sp³-hybridized carbons (Fsp3) is 0.818. The van der Waals surface area contributed by atoms with Crippen LogP contribution < -0.4 is 0 Å². The first-order valence-corrected chi connectivity index (χ1v) is 10.3. The van der Waals surface area contributed by atoms with Gasteiger partial charge in [0.15, 0.2) is 5.78 Å². The number of allylic oxidation sites excluding steroid dienone is 1. The van der Waals surface area contributed by atoms with Crippen molar-refractivity contribution in [1.29, 1.82) is 0 Å². The average Bonchev–Trinajstić information content (AvgIpc) is 3.10. The van der Waals surface area contributed by atoms with Crippen LogP contribution in [0.15, 0.2) is 11.6 Å². The Morgan fingerprint density at radius 1 is 0.920 bits per heavy atom. The van der Waals surface area contributed by atoms with Crippen molar-refractivity contribution in [2.24, 2.45) is 28.6 Å². The first kappa shape index (κ1) is 16.1. The van der Waals surface area contributed by atoms with Crippen LogP contribution in [0.3, 0.4) is 0 Å². The standard InChI is InChI=1S/C22H30O3/c1-20-9-5-15(23)13-14(20)3-4-16-17(20)6-10-21(2)18(16)7-11-22(21)12-8-19(24)25-22/h13,16-18H,3-12H2,1-2H3/t16?,17?,18?,20?,21?,22-/m1/s1. The SMILES string of the molecule is CC12CCC(=O)C=C1CCC1C2CCC2(C)C1CC[C@@]21CCC(=O)O1. The number of carbonyl (C=O) groups is 2. The predicted molar refractivity (Wildman–Crippen MR) is 94.8 cm³/mol. The van der Waals surface area contributed by atoms with Crippen LogP contribution >= 0.6 is 0 Å². The second kappa shape index (κ2) is 4.98. The topological polar surface area (TPSA) is 43.4 Å². The third-order valence-electron chi connectivity index (χ3n) is 9.29. The van der Waals surface area contributed by atoms with Crippen molar-refractivity contribution in [2.45, 2.75) is 83.7 Å². The summed E-state index contributed by atoms with van der Waals surface area (Å²) >= 11 is 0. The van der Waals surface area contributed by atoms with E-state index in [-0.39, 0.29) is 22.4 Å². The Morgan fingerprint density at radius 2 is 1.72 bits per heavy atom. The number of fused-ring (bicyclic) bond motifs is 6. The molecule has 136 valence electrons. The fourth-order valence-corrected chi connectivity index (χ4v) is 7.85. The normalized spacial score (nSPS) is 51.6. The van der Waals surface area contributed by atoms with Crippen LogP contribution in [0, 0.1) is 28.6 Å². The summed E-state index contributed by atoms with van der Waals surface area (Å²) in [6, 6.07) is 0. The Bertz CT molecular complexity index is 679. The van der Waals surface area contributed by atoms with E-state index in [1.54, 1.807) is 0 Å². The van der Waals surface area contributed by atoms with E-state index in [0.717, 1.165) is 38.0 Å². The molecule has 4 fully saturated rings. The van der Waals surface area contributed by atoms with Crippen molar-refractivity contribution in [2.75, 3.05) is 0 Å². The van der Waals surface area contributed by atoms with Gasteiger partial charge in [-0.1, -0.05) is 19.4 Å². The van der Waals surface area contributed by atoms with Crippen molar-refractivity contribution in [3.05, 3.63) is 11.6 Å². The summed E-state index contributed by atoms with van der Waals surface area (Å²) in [5, 5.41) is 0. The molecule has 0 bridgehead atoms. The zero-order valence-electron chi connectivity index (χ0n) is 15.6. The zero-order chi connectivity index (χ0) is 17.4. The summed E-state index contributed by atoms with van der Waals surface area (Å²) < 4.78 is 6.01. The molecule has 5 aliphatic rings. The maximum absolute atomic E-state index is 11.9. The molecule has 1 spiro atoms. The molecule has 3 heteroatoms. The number of ether oxygens (including phenoxy) is 1. The maximum Gasteiger partial charge on any atom is 0.306 e. The monoisotopic (exact) mass is 342 g/mol. The first-order chi connectivity index (χ1) is 11.9. The number of hydrogen-bond donors (Lipinski definition) is 0. The molecule has 3 nitrogen and oxygen atoms in total. The highest BCUT2D eigenvalue weighted by atomic mass is 16.6. The summed E-state index contributed by atoms with van der Waals surface area (Å²) in [4.78, 5) is 23.8. The lowest BCUT2D eigenvalue weighted by atomic mass is 9.46. The van der Waals surface area contributed by atoms with E-state index in [2.05, 4.69) is 13.8 Å². The summed E-state index contributed by atoms with van der Waals surface area (Å²) in [5.74, 6) is 2.51.